The van der Waals surface area contributed by atoms with Gasteiger partial charge in [-0.2, -0.15) is 0 Å². The van der Waals surface area contributed by atoms with Crippen molar-refractivity contribution >= 4 is 5.91 Å². The number of benzene rings is 1. The van der Waals surface area contributed by atoms with Crippen LogP contribution in [0.3, 0.4) is 0 Å². The molecule has 0 fully saturated rings. The van der Waals surface area contributed by atoms with Gasteiger partial charge in [0.05, 0.1) is 0 Å². The van der Waals surface area contributed by atoms with Crippen molar-refractivity contribution in [1.29, 1.82) is 0 Å². The topological polar surface area (TPSA) is 38.3 Å². The van der Waals surface area contributed by atoms with E-state index in [0.29, 0.717) is 6.54 Å². The first-order valence-corrected chi connectivity index (χ1v) is 6.20. The first-order valence-electron chi connectivity index (χ1n) is 6.20. The summed E-state index contributed by atoms with van der Waals surface area (Å²) >= 11 is 0. The van der Waals surface area contributed by atoms with Crippen LogP contribution in [0.5, 0.6) is 5.75 Å². The molecule has 1 amide bonds. The molecule has 1 atom stereocenters. The van der Waals surface area contributed by atoms with Gasteiger partial charge in [-0.25, -0.2) is 0 Å². The maximum absolute atomic E-state index is 11.6. The first-order chi connectivity index (χ1) is 8.17. The monoisotopic (exact) mass is 235 g/mol. The molecular formula is C14H21NO2. The summed E-state index contributed by atoms with van der Waals surface area (Å²) in [5.74, 6) is 0.692. The lowest BCUT2D eigenvalue weighted by atomic mass is 10.2. The second kappa shape index (κ2) is 6.94. The standard InChI is InChI=1S/C14H21NO2/c1-4-9-15-14(16)11(3)17-13-8-6-7-12(5-2)10-13/h6-8,10-11H,4-5,9H2,1-3H3,(H,15,16). The van der Waals surface area contributed by atoms with Gasteiger partial charge in [-0.15, -0.1) is 0 Å². The largest absolute Gasteiger partial charge is 0.481 e. The van der Waals surface area contributed by atoms with Crippen LogP contribution in [-0.4, -0.2) is 18.6 Å². The Morgan fingerprint density at radius 3 is 2.82 bits per heavy atom. The molecule has 1 rings (SSSR count). The summed E-state index contributed by atoms with van der Waals surface area (Å²) in [5.41, 5.74) is 1.21. The second-order valence-electron chi connectivity index (χ2n) is 4.05. The molecule has 17 heavy (non-hydrogen) atoms. The fourth-order valence-corrected chi connectivity index (χ4v) is 1.49. The molecule has 0 saturated carbocycles. The average molecular weight is 235 g/mol. The number of rotatable bonds is 6. The highest BCUT2D eigenvalue weighted by Gasteiger charge is 2.13. The third-order valence-electron chi connectivity index (χ3n) is 2.54. The summed E-state index contributed by atoms with van der Waals surface area (Å²) < 4.78 is 5.60. The third kappa shape index (κ3) is 4.47. The van der Waals surface area contributed by atoms with Gasteiger partial charge in [-0.05, 0) is 37.5 Å². The molecule has 94 valence electrons. The van der Waals surface area contributed by atoms with E-state index in [1.807, 2.05) is 25.1 Å². The third-order valence-corrected chi connectivity index (χ3v) is 2.54. The van der Waals surface area contributed by atoms with Gasteiger partial charge in [-0.1, -0.05) is 26.0 Å². The number of amides is 1. The maximum atomic E-state index is 11.6. The second-order valence-corrected chi connectivity index (χ2v) is 4.05. The van der Waals surface area contributed by atoms with Crippen LogP contribution in [0.15, 0.2) is 24.3 Å². The van der Waals surface area contributed by atoms with Crippen molar-refractivity contribution in [2.75, 3.05) is 6.54 Å². The van der Waals surface area contributed by atoms with Gasteiger partial charge in [0.15, 0.2) is 6.10 Å². The average Bonchev–Trinajstić information content (AvgIpc) is 2.36. The highest BCUT2D eigenvalue weighted by Crippen LogP contribution is 2.15. The van der Waals surface area contributed by atoms with Crippen molar-refractivity contribution in [3.05, 3.63) is 29.8 Å². The van der Waals surface area contributed by atoms with E-state index < -0.39 is 6.10 Å². The van der Waals surface area contributed by atoms with Gasteiger partial charge in [0.1, 0.15) is 5.75 Å². The molecule has 1 unspecified atom stereocenters. The zero-order valence-electron chi connectivity index (χ0n) is 10.8. The van der Waals surface area contributed by atoms with E-state index in [0.717, 1.165) is 18.6 Å². The van der Waals surface area contributed by atoms with Crippen LogP contribution in [0.2, 0.25) is 0 Å². The fraction of sp³-hybridized carbons (Fsp3) is 0.500. The van der Waals surface area contributed by atoms with Crippen LogP contribution in [0.25, 0.3) is 0 Å². The summed E-state index contributed by atoms with van der Waals surface area (Å²) in [4.78, 5) is 11.6. The lowest BCUT2D eigenvalue weighted by Gasteiger charge is -2.14. The summed E-state index contributed by atoms with van der Waals surface area (Å²) in [5, 5.41) is 2.82. The van der Waals surface area contributed by atoms with E-state index in [2.05, 4.69) is 18.3 Å². The number of nitrogens with one attached hydrogen (secondary N) is 1. The molecule has 0 spiro atoms. The lowest BCUT2D eigenvalue weighted by Crippen LogP contribution is -2.36. The number of carbonyl (C=O) groups is 1. The molecule has 0 saturated heterocycles. The van der Waals surface area contributed by atoms with Crippen molar-refractivity contribution in [3.63, 3.8) is 0 Å². The Hall–Kier alpha value is -1.51. The molecule has 0 aromatic heterocycles. The van der Waals surface area contributed by atoms with Crippen LogP contribution >= 0.6 is 0 Å². The van der Waals surface area contributed by atoms with Crippen molar-refractivity contribution in [2.24, 2.45) is 0 Å². The highest BCUT2D eigenvalue weighted by atomic mass is 16.5. The van der Waals surface area contributed by atoms with Crippen molar-refractivity contribution in [1.82, 2.24) is 5.32 Å². The van der Waals surface area contributed by atoms with E-state index in [-0.39, 0.29) is 5.91 Å². The van der Waals surface area contributed by atoms with Crippen LogP contribution in [0, 0.1) is 0 Å². The molecule has 1 N–H and O–H groups in total. The number of hydrogen-bond donors (Lipinski definition) is 1. The molecule has 1 aromatic carbocycles. The predicted molar refractivity (Wildman–Crippen MR) is 69.2 cm³/mol. The summed E-state index contributed by atoms with van der Waals surface area (Å²) in [7, 11) is 0. The number of carbonyl (C=O) groups excluding carboxylic acids is 1. The smallest absolute Gasteiger partial charge is 0.260 e. The summed E-state index contributed by atoms with van der Waals surface area (Å²) in [6.07, 6.45) is 1.45. The van der Waals surface area contributed by atoms with Gasteiger partial charge < -0.3 is 10.1 Å². The number of hydrogen-bond acceptors (Lipinski definition) is 2. The van der Waals surface area contributed by atoms with Crippen LogP contribution in [0.1, 0.15) is 32.8 Å². The molecule has 1 aromatic rings. The molecule has 0 radical (unpaired) electrons. The molecule has 0 bridgehead atoms. The first kappa shape index (κ1) is 13.6. The molecule has 0 aliphatic heterocycles. The number of ether oxygens (including phenoxy) is 1. The number of aryl methyl sites for hydroxylation is 1. The van der Waals surface area contributed by atoms with E-state index in [9.17, 15) is 4.79 Å². The van der Waals surface area contributed by atoms with Gasteiger partial charge in [-0.3, -0.25) is 4.79 Å². The zero-order chi connectivity index (χ0) is 12.7. The summed E-state index contributed by atoms with van der Waals surface area (Å²) in [6, 6.07) is 7.85. The molecule has 3 heteroatoms. The quantitative estimate of drug-likeness (QED) is 0.823. The molecule has 0 aliphatic rings. The van der Waals surface area contributed by atoms with Gasteiger partial charge in [0.25, 0.3) is 5.91 Å². The van der Waals surface area contributed by atoms with Crippen molar-refractivity contribution in [3.8, 4) is 5.75 Å². The predicted octanol–water partition coefficient (Wildman–Crippen LogP) is 2.54. The zero-order valence-corrected chi connectivity index (χ0v) is 10.8. The van der Waals surface area contributed by atoms with E-state index in [1.165, 1.54) is 5.56 Å². The highest BCUT2D eigenvalue weighted by molar-refractivity contribution is 5.80. The van der Waals surface area contributed by atoms with Gasteiger partial charge in [0, 0.05) is 6.54 Å². The van der Waals surface area contributed by atoms with Crippen LogP contribution in [-0.2, 0) is 11.2 Å². The molecule has 3 nitrogen and oxygen atoms in total. The Morgan fingerprint density at radius 1 is 1.41 bits per heavy atom. The Bertz CT molecular complexity index is 363. The van der Waals surface area contributed by atoms with E-state index >= 15 is 0 Å². The Labute approximate surface area is 103 Å². The van der Waals surface area contributed by atoms with Crippen molar-refractivity contribution < 1.29 is 9.53 Å². The van der Waals surface area contributed by atoms with Gasteiger partial charge in [0.2, 0.25) is 0 Å². The minimum absolute atomic E-state index is 0.0613. The van der Waals surface area contributed by atoms with Crippen molar-refractivity contribution in [2.45, 2.75) is 39.7 Å². The molecule has 0 aliphatic carbocycles. The lowest BCUT2D eigenvalue weighted by molar-refractivity contribution is -0.127. The maximum Gasteiger partial charge on any atom is 0.260 e. The Kier molecular flexibility index (Phi) is 5.53. The Balaban J connectivity index is 2.54. The molecule has 0 heterocycles. The minimum Gasteiger partial charge on any atom is -0.481 e. The van der Waals surface area contributed by atoms with Crippen LogP contribution < -0.4 is 10.1 Å². The van der Waals surface area contributed by atoms with E-state index in [1.54, 1.807) is 6.92 Å². The molecular weight excluding hydrogens is 214 g/mol. The van der Waals surface area contributed by atoms with Gasteiger partial charge >= 0.3 is 0 Å². The van der Waals surface area contributed by atoms with Crippen LogP contribution in [0.4, 0.5) is 0 Å². The normalized spacial score (nSPS) is 11.9. The van der Waals surface area contributed by atoms with E-state index in [4.69, 9.17) is 4.74 Å². The fourth-order valence-electron chi connectivity index (χ4n) is 1.49. The summed E-state index contributed by atoms with van der Waals surface area (Å²) in [6.45, 7) is 6.58. The Morgan fingerprint density at radius 2 is 2.18 bits per heavy atom. The minimum atomic E-state index is -0.450. The SMILES string of the molecule is CCCNC(=O)C(C)Oc1cccc(CC)c1.